The van der Waals surface area contributed by atoms with E-state index in [4.69, 9.17) is 0 Å². The average molecular weight is 316 g/mol. The molecule has 0 atom stereocenters. The first-order valence-corrected chi connectivity index (χ1v) is 8.30. The van der Waals surface area contributed by atoms with Crippen LogP contribution in [0.25, 0.3) is 10.9 Å². The quantitative estimate of drug-likeness (QED) is 0.727. The lowest BCUT2D eigenvalue weighted by atomic mass is 10.1. The summed E-state index contributed by atoms with van der Waals surface area (Å²) in [5.41, 5.74) is 4.57. The second-order valence-electron chi connectivity index (χ2n) is 6.47. The molecule has 1 aromatic carbocycles. The summed E-state index contributed by atoms with van der Waals surface area (Å²) in [6.45, 7) is 1.59. The van der Waals surface area contributed by atoms with Crippen LogP contribution in [0.4, 0.5) is 5.69 Å². The standard InChI is InChI=1S/C18H16N6/c19-9-15-18(13-3-1-2-4-14(13)21-22-15)23-8-7-17-16(10-23)20-11-24(17)12-5-6-12/h1-4,11-12H,5-8,10H2. The maximum atomic E-state index is 9.49. The summed E-state index contributed by atoms with van der Waals surface area (Å²) in [4.78, 5) is 6.86. The molecule has 0 N–H and O–H groups in total. The Morgan fingerprint density at radius 3 is 2.88 bits per heavy atom. The fourth-order valence-electron chi connectivity index (χ4n) is 3.62. The first-order chi connectivity index (χ1) is 11.8. The van der Waals surface area contributed by atoms with Crippen LogP contribution in [-0.4, -0.2) is 26.3 Å². The van der Waals surface area contributed by atoms with Crippen LogP contribution >= 0.6 is 0 Å². The van der Waals surface area contributed by atoms with Gasteiger partial charge in [-0.05, 0) is 18.9 Å². The normalized spacial score (nSPS) is 16.9. The molecule has 2 aromatic heterocycles. The Balaban J connectivity index is 1.59. The van der Waals surface area contributed by atoms with E-state index in [1.807, 2.05) is 30.6 Å². The van der Waals surface area contributed by atoms with E-state index in [0.717, 1.165) is 41.8 Å². The molecule has 6 heteroatoms. The molecule has 0 radical (unpaired) electrons. The van der Waals surface area contributed by atoms with E-state index in [-0.39, 0.29) is 0 Å². The third-order valence-electron chi connectivity index (χ3n) is 4.95. The summed E-state index contributed by atoms with van der Waals surface area (Å²) in [6.07, 6.45) is 5.47. The van der Waals surface area contributed by atoms with E-state index >= 15 is 0 Å². The number of hydrogen-bond acceptors (Lipinski definition) is 5. The highest BCUT2D eigenvalue weighted by Gasteiger charge is 2.30. The predicted octanol–water partition coefficient (Wildman–Crippen LogP) is 2.60. The van der Waals surface area contributed by atoms with Gasteiger partial charge in [-0.15, -0.1) is 10.2 Å². The monoisotopic (exact) mass is 316 g/mol. The fourth-order valence-corrected chi connectivity index (χ4v) is 3.62. The average Bonchev–Trinajstić information content (AvgIpc) is 3.39. The second kappa shape index (κ2) is 5.03. The Morgan fingerprint density at radius 2 is 2.04 bits per heavy atom. The van der Waals surface area contributed by atoms with Crippen molar-refractivity contribution in [2.24, 2.45) is 0 Å². The van der Waals surface area contributed by atoms with Crippen molar-refractivity contribution in [1.82, 2.24) is 19.7 Å². The maximum Gasteiger partial charge on any atom is 0.187 e. The topological polar surface area (TPSA) is 70.6 Å². The highest BCUT2D eigenvalue weighted by molar-refractivity contribution is 5.93. The van der Waals surface area contributed by atoms with Gasteiger partial charge < -0.3 is 9.47 Å². The fraction of sp³-hybridized carbons (Fsp3) is 0.333. The molecule has 0 bridgehead atoms. The molecule has 0 amide bonds. The van der Waals surface area contributed by atoms with Crippen LogP contribution in [-0.2, 0) is 13.0 Å². The van der Waals surface area contributed by atoms with E-state index in [0.29, 0.717) is 11.7 Å². The van der Waals surface area contributed by atoms with Gasteiger partial charge in [0, 0.05) is 30.1 Å². The van der Waals surface area contributed by atoms with Gasteiger partial charge in [-0.1, -0.05) is 18.2 Å². The minimum absolute atomic E-state index is 0.388. The molecule has 118 valence electrons. The predicted molar refractivity (Wildman–Crippen MR) is 89.5 cm³/mol. The van der Waals surface area contributed by atoms with Crippen molar-refractivity contribution in [3.05, 3.63) is 47.7 Å². The number of rotatable bonds is 2. The molecule has 0 unspecified atom stereocenters. The van der Waals surface area contributed by atoms with Gasteiger partial charge in [-0.2, -0.15) is 5.26 Å². The molecule has 1 aliphatic heterocycles. The number of nitrogens with zero attached hydrogens (tertiary/aromatic N) is 6. The zero-order chi connectivity index (χ0) is 16.1. The van der Waals surface area contributed by atoms with Crippen molar-refractivity contribution in [2.75, 3.05) is 11.4 Å². The van der Waals surface area contributed by atoms with Gasteiger partial charge in [-0.25, -0.2) is 4.98 Å². The van der Waals surface area contributed by atoms with Gasteiger partial charge in [0.1, 0.15) is 6.07 Å². The third kappa shape index (κ3) is 1.98. The molecular formula is C18H16N6. The number of hydrogen-bond donors (Lipinski definition) is 0. The van der Waals surface area contributed by atoms with Crippen LogP contribution in [0, 0.1) is 11.3 Å². The largest absolute Gasteiger partial charge is 0.362 e. The minimum Gasteiger partial charge on any atom is -0.362 e. The van der Waals surface area contributed by atoms with Crippen molar-refractivity contribution in [3.8, 4) is 6.07 Å². The molecule has 24 heavy (non-hydrogen) atoms. The van der Waals surface area contributed by atoms with E-state index < -0.39 is 0 Å². The number of imidazole rings is 1. The molecule has 3 aromatic rings. The van der Waals surface area contributed by atoms with Gasteiger partial charge in [0.25, 0.3) is 0 Å². The molecule has 2 aliphatic rings. The van der Waals surface area contributed by atoms with E-state index in [1.165, 1.54) is 18.5 Å². The molecule has 5 rings (SSSR count). The Labute approximate surface area is 139 Å². The van der Waals surface area contributed by atoms with Crippen LogP contribution in [0.15, 0.2) is 30.6 Å². The maximum absolute atomic E-state index is 9.49. The lowest BCUT2D eigenvalue weighted by Gasteiger charge is -2.30. The van der Waals surface area contributed by atoms with Crippen LogP contribution in [0.1, 0.15) is 36.0 Å². The van der Waals surface area contributed by atoms with E-state index in [1.54, 1.807) is 0 Å². The van der Waals surface area contributed by atoms with Crippen molar-refractivity contribution >= 4 is 16.6 Å². The molecule has 1 aliphatic carbocycles. The molecule has 1 fully saturated rings. The zero-order valence-electron chi connectivity index (χ0n) is 13.2. The van der Waals surface area contributed by atoms with Gasteiger partial charge in [0.2, 0.25) is 0 Å². The SMILES string of the molecule is N#Cc1nnc2ccccc2c1N1CCc2c(ncn2C2CC2)C1. The highest BCUT2D eigenvalue weighted by atomic mass is 15.2. The third-order valence-corrected chi connectivity index (χ3v) is 4.95. The van der Waals surface area contributed by atoms with Crippen LogP contribution in [0.3, 0.4) is 0 Å². The Hall–Kier alpha value is -2.94. The van der Waals surface area contributed by atoms with Crippen molar-refractivity contribution in [3.63, 3.8) is 0 Å². The summed E-state index contributed by atoms with van der Waals surface area (Å²) in [5, 5.41) is 18.8. The number of benzene rings is 1. The van der Waals surface area contributed by atoms with E-state index in [2.05, 4.69) is 30.7 Å². The lowest BCUT2D eigenvalue weighted by Crippen LogP contribution is -2.32. The number of nitriles is 1. The van der Waals surface area contributed by atoms with Gasteiger partial charge in [0.05, 0.1) is 29.8 Å². The van der Waals surface area contributed by atoms with Crippen molar-refractivity contribution in [1.29, 1.82) is 5.26 Å². The number of aromatic nitrogens is 4. The highest BCUT2D eigenvalue weighted by Crippen LogP contribution is 2.38. The summed E-state index contributed by atoms with van der Waals surface area (Å²) in [5.74, 6) is 0. The molecule has 0 saturated heterocycles. The second-order valence-corrected chi connectivity index (χ2v) is 6.47. The Morgan fingerprint density at radius 1 is 1.17 bits per heavy atom. The van der Waals surface area contributed by atoms with Crippen LogP contribution in [0.5, 0.6) is 0 Å². The van der Waals surface area contributed by atoms with Gasteiger partial charge in [-0.3, -0.25) is 0 Å². The van der Waals surface area contributed by atoms with Crippen LogP contribution < -0.4 is 4.90 Å². The van der Waals surface area contributed by atoms with Crippen LogP contribution in [0.2, 0.25) is 0 Å². The van der Waals surface area contributed by atoms with Gasteiger partial charge in [0.15, 0.2) is 5.69 Å². The summed E-state index contributed by atoms with van der Waals surface area (Å²) in [6, 6.07) is 10.7. The van der Waals surface area contributed by atoms with Crippen molar-refractivity contribution in [2.45, 2.75) is 31.8 Å². The summed E-state index contributed by atoms with van der Waals surface area (Å²) >= 11 is 0. The first kappa shape index (κ1) is 13.5. The Bertz CT molecular complexity index is 979. The summed E-state index contributed by atoms with van der Waals surface area (Å²) < 4.78 is 2.35. The first-order valence-electron chi connectivity index (χ1n) is 8.30. The number of fused-ring (bicyclic) bond motifs is 2. The lowest BCUT2D eigenvalue weighted by molar-refractivity contribution is 0.641. The zero-order valence-corrected chi connectivity index (χ0v) is 13.2. The molecule has 0 spiro atoms. The minimum atomic E-state index is 0.388. The van der Waals surface area contributed by atoms with E-state index in [9.17, 15) is 5.26 Å². The van der Waals surface area contributed by atoms with Gasteiger partial charge >= 0.3 is 0 Å². The number of anilines is 1. The van der Waals surface area contributed by atoms with Crippen molar-refractivity contribution < 1.29 is 0 Å². The molecule has 6 nitrogen and oxygen atoms in total. The smallest absolute Gasteiger partial charge is 0.187 e. The Kier molecular flexibility index (Phi) is 2.83. The molecule has 3 heterocycles. The molecule has 1 saturated carbocycles. The summed E-state index contributed by atoms with van der Waals surface area (Å²) in [7, 11) is 0. The molecular weight excluding hydrogens is 300 g/mol.